The van der Waals surface area contributed by atoms with Gasteiger partial charge in [0, 0.05) is 19.6 Å². The number of hydrogen-bond acceptors (Lipinski definition) is 3. The summed E-state index contributed by atoms with van der Waals surface area (Å²) in [5, 5.41) is 2.88. The molecule has 4 rings (SSSR count). The topological polar surface area (TPSA) is 41.6 Å². The Kier molecular flexibility index (Phi) is 4.59. The molecule has 0 unspecified atom stereocenters. The van der Waals surface area contributed by atoms with Crippen molar-refractivity contribution in [2.75, 3.05) is 19.6 Å². The van der Waals surface area contributed by atoms with Gasteiger partial charge < -0.3 is 10.1 Å². The molecular weight excluding hydrogens is 338 g/mol. The molecule has 2 aromatic carbocycles. The summed E-state index contributed by atoms with van der Waals surface area (Å²) in [6.07, 6.45) is -1.80. The Labute approximate surface area is 150 Å². The van der Waals surface area contributed by atoms with E-state index in [0.717, 1.165) is 16.7 Å². The molecule has 2 aliphatic rings. The Hall–Kier alpha value is -2.47. The Balaban J connectivity index is 1.66. The molecule has 2 heterocycles. The van der Waals surface area contributed by atoms with Crippen LogP contribution < -0.4 is 5.32 Å². The van der Waals surface area contributed by atoms with Gasteiger partial charge in [0.25, 0.3) is 0 Å². The molecule has 1 fully saturated rings. The highest BCUT2D eigenvalue weighted by molar-refractivity contribution is 5.70. The molecule has 1 saturated heterocycles. The van der Waals surface area contributed by atoms with Gasteiger partial charge in [0.15, 0.2) is 6.17 Å². The second-order valence-electron chi connectivity index (χ2n) is 6.69. The quantitative estimate of drug-likeness (QED) is 0.896. The molecule has 1 N–H and O–H groups in total. The Morgan fingerprint density at radius 1 is 1.12 bits per heavy atom. The first-order valence-corrected chi connectivity index (χ1v) is 8.79. The van der Waals surface area contributed by atoms with E-state index >= 15 is 0 Å². The van der Waals surface area contributed by atoms with E-state index in [2.05, 4.69) is 5.32 Å². The zero-order chi connectivity index (χ0) is 18.1. The summed E-state index contributed by atoms with van der Waals surface area (Å²) in [4.78, 5) is 14.4. The fraction of sp³-hybridized carbons (Fsp3) is 0.350. The predicted molar refractivity (Wildman–Crippen MR) is 93.1 cm³/mol. The van der Waals surface area contributed by atoms with Crippen molar-refractivity contribution in [1.29, 1.82) is 0 Å². The molecule has 0 bridgehead atoms. The van der Waals surface area contributed by atoms with Crippen LogP contribution in [0.4, 0.5) is 13.6 Å². The summed E-state index contributed by atoms with van der Waals surface area (Å²) in [7, 11) is 0. The standard InChI is InChI=1S/C20H20F2N2O2/c21-15-7-5-14(6-8-15)19-16-4-2-1-3-13(16)9-10-24(19)20(25)26-18-12-23-11-17(18)22/h1-8,17-19,23H,9-12H2/t17-,18+,19+/m1/s1. The minimum absolute atomic E-state index is 0.197. The van der Waals surface area contributed by atoms with Crippen LogP contribution in [0.15, 0.2) is 48.5 Å². The molecule has 1 amide bonds. The van der Waals surface area contributed by atoms with Gasteiger partial charge in [-0.2, -0.15) is 0 Å². The van der Waals surface area contributed by atoms with Gasteiger partial charge in [-0.1, -0.05) is 36.4 Å². The van der Waals surface area contributed by atoms with Crippen molar-refractivity contribution in [2.24, 2.45) is 0 Å². The van der Waals surface area contributed by atoms with Gasteiger partial charge in [-0.15, -0.1) is 0 Å². The molecule has 2 aromatic rings. The average molecular weight is 358 g/mol. The van der Waals surface area contributed by atoms with Crippen molar-refractivity contribution in [3.63, 3.8) is 0 Å². The summed E-state index contributed by atoms with van der Waals surface area (Å²) >= 11 is 0. The predicted octanol–water partition coefficient (Wildman–Crippen LogP) is 3.22. The maximum atomic E-state index is 13.8. The normalized spacial score (nSPS) is 25.0. The number of carbonyl (C=O) groups is 1. The van der Waals surface area contributed by atoms with E-state index in [1.807, 2.05) is 24.3 Å². The molecule has 3 atom stereocenters. The largest absolute Gasteiger partial charge is 0.442 e. The van der Waals surface area contributed by atoms with Crippen molar-refractivity contribution >= 4 is 6.09 Å². The van der Waals surface area contributed by atoms with E-state index < -0.39 is 18.4 Å². The molecule has 136 valence electrons. The second kappa shape index (κ2) is 7.03. The van der Waals surface area contributed by atoms with Crippen LogP contribution in [-0.2, 0) is 11.2 Å². The van der Waals surface area contributed by atoms with Crippen LogP contribution in [0.1, 0.15) is 22.7 Å². The fourth-order valence-electron chi connectivity index (χ4n) is 3.70. The van der Waals surface area contributed by atoms with Gasteiger partial charge in [0.2, 0.25) is 0 Å². The summed E-state index contributed by atoms with van der Waals surface area (Å²) in [6, 6.07) is 13.6. The zero-order valence-corrected chi connectivity index (χ0v) is 14.2. The third-order valence-electron chi connectivity index (χ3n) is 5.04. The fourth-order valence-corrected chi connectivity index (χ4v) is 3.70. The van der Waals surface area contributed by atoms with Crippen LogP contribution in [0, 0.1) is 5.82 Å². The molecule has 26 heavy (non-hydrogen) atoms. The van der Waals surface area contributed by atoms with Gasteiger partial charge in [-0.3, -0.25) is 4.90 Å². The first-order chi connectivity index (χ1) is 12.6. The third kappa shape index (κ3) is 3.17. The summed E-state index contributed by atoms with van der Waals surface area (Å²) < 4.78 is 32.6. The molecule has 0 saturated carbocycles. The highest BCUT2D eigenvalue weighted by Gasteiger charge is 2.36. The summed E-state index contributed by atoms with van der Waals surface area (Å²) in [6.45, 7) is 0.982. The first kappa shape index (κ1) is 17.0. The summed E-state index contributed by atoms with van der Waals surface area (Å²) in [5.74, 6) is -0.329. The highest BCUT2D eigenvalue weighted by atomic mass is 19.1. The number of carbonyl (C=O) groups excluding carboxylic acids is 1. The Morgan fingerprint density at radius 2 is 1.88 bits per heavy atom. The maximum absolute atomic E-state index is 13.8. The molecular formula is C20H20F2N2O2. The van der Waals surface area contributed by atoms with Gasteiger partial charge in [0.05, 0.1) is 6.04 Å². The third-order valence-corrected chi connectivity index (χ3v) is 5.04. The Morgan fingerprint density at radius 3 is 2.62 bits per heavy atom. The van der Waals surface area contributed by atoms with Gasteiger partial charge >= 0.3 is 6.09 Å². The lowest BCUT2D eigenvalue weighted by molar-refractivity contribution is 0.0349. The average Bonchev–Trinajstić information content (AvgIpc) is 3.06. The van der Waals surface area contributed by atoms with E-state index in [-0.39, 0.29) is 18.4 Å². The van der Waals surface area contributed by atoms with Gasteiger partial charge in [-0.05, 0) is 35.2 Å². The number of halogens is 2. The van der Waals surface area contributed by atoms with Crippen LogP contribution in [0.25, 0.3) is 0 Å². The number of hydrogen-bond donors (Lipinski definition) is 1. The van der Waals surface area contributed by atoms with Crippen LogP contribution in [0.5, 0.6) is 0 Å². The monoisotopic (exact) mass is 358 g/mol. The van der Waals surface area contributed by atoms with Crippen molar-refractivity contribution in [1.82, 2.24) is 10.2 Å². The van der Waals surface area contributed by atoms with Crippen molar-refractivity contribution < 1.29 is 18.3 Å². The van der Waals surface area contributed by atoms with Crippen LogP contribution in [-0.4, -0.2) is 42.9 Å². The first-order valence-electron chi connectivity index (χ1n) is 8.79. The number of ether oxygens (including phenoxy) is 1. The van der Waals surface area contributed by atoms with Gasteiger partial charge in [-0.25, -0.2) is 13.6 Å². The van der Waals surface area contributed by atoms with Crippen molar-refractivity contribution in [3.8, 4) is 0 Å². The molecule has 2 aliphatic heterocycles. The van der Waals surface area contributed by atoms with Crippen LogP contribution in [0.2, 0.25) is 0 Å². The number of amides is 1. The lowest BCUT2D eigenvalue weighted by Gasteiger charge is -2.37. The second-order valence-corrected chi connectivity index (χ2v) is 6.69. The number of rotatable bonds is 2. The number of alkyl halides is 1. The van der Waals surface area contributed by atoms with E-state index in [1.54, 1.807) is 17.0 Å². The zero-order valence-electron chi connectivity index (χ0n) is 14.2. The molecule has 0 aliphatic carbocycles. The van der Waals surface area contributed by atoms with Crippen molar-refractivity contribution in [3.05, 3.63) is 71.0 Å². The smallest absolute Gasteiger partial charge is 0.410 e. The van der Waals surface area contributed by atoms with E-state index in [0.29, 0.717) is 19.5 Å². The van der Waals surface area contributed by atoms with Crippen molar-refractivity contribution in [2.45, 2.75) is 24.7 Å². The minimum atomic E-state index is -1.19. The molecule has 0 aromatic heterocycles. The lowest BCUT2D eigenvalue weighted by atomic mass is 9.88. The molecule has 0 radical (unpaired) electrons. The highest BCUT2D eigenvalue weighted by Crippen LogP contribution is 2.35. The van der Waals surface area contributed by atoms with E-state index in [1.165, 1.54) is 12.1 Å². The van der Waals surface area contributed by atoms with Gasteiger partial charge in [0.1, 0.15) is 11.9 Å². The minimum Gasteiger partial charge on any atom is -0.442 e. The maximum Gasteiger partial charge on any atom is 0.410 e. The Bertz CT molecular complexity index is 797. The molecule has 0 spiro atoms. The number of benzene rings is 2. The van der Waals surface area contributed by atoms with Crippen LogP contribution >= 0.6 is 0 Å². The molecule has 6 heteroatoms. The summed E-state index contributed by atoms with van der Waals surface area (Å²) in [5.41, 5.74) is 2.94. The van der Waals surface area contributed by atoms with E-state index in [9.17, 15) is 13.6 Å². The van der Waals surface area contributed by atoms with E-state index in [4.69, 9.17) is 4.74 Å². The van der Waals surface area contributed by atoms with Crippen LogP contribution in [0.3, 0.4) is 0 Å². The lowest BCUT2D eigenvalue weighted by Crippen LogP contribution is -2.43. The molecule has 4 nitrogen and oxygen atoms in total. The number of fused-ring (bicyclic) bond motifs is 1. The SMILES string of the molecule is O=C(O[C@H]1CNC[C@H]1F)N1CCc2ccccc2[C@@H]1c1ccc(F)cc1. The number of nitrogens with one attached hydrogen (secondary N) is 1. The number of nitrogens with zero attached hydrogens (tertiary/aromatic N) is 1.